The fourth-order valence-electron chi connectivity index (χ4n) is 3.55. The van der Waals surface area contributed by atoms with Gasteiger partial charge in [0.15, 0.2) is 0 Å². The fourth-order valence-corrected chi connectivity index (χ4v) is 3.55. The molecule has 4 rings (SSSR count). The Morgan fingerprint density at radius 3 is 2.61 bits per heavy atom. The van der Waals surface area contributed by atoms with E-state index in [9.17, 15) is 4.79 Å². The first-order chi connectivity index (χ1) is 14.8. The smallest absolute Gasteiger partial charge is 0.252 e. The first-order valence-corrected chi connectivity index (χ1v) is 10.6. The number of amides is 1. The predicted molar refractivity (Wildman–Crippen MR) is 122 cm³/mol. The Kier molecular flexibility index (Phi) is 5.59. The number of rotatable bonds is 6. The van der Waals surface area contributed by atoms with Crippen LogP contribution in [-0.2, 0) is 13.1 Å². The van der Waals surface area contributed by atoms with Crippen molar-refractivity contribution in [1.29, 1.82) is 0 Å². The first kappa shape index (κ1) is 20.8. The molecule has 1 aromatic carbocycles. The fraction of sp³-hybridized carbons (Fsp3) is 0.333. The molecule has 0 saturated heterocycles. The minimum absolute atomic E-state index is 0.0990. The second-order valence-corrected chi connectivity index (χ2v) is 8.78. The zero-order valence-corrected chi connectivity index (χ0v) is 18.4. The average molecular weight is 417 g/mol. The van der Waals surface area contributed by atoms with Gasteiger partial charge in [-0.1, -0.05) is 39.0 Å². The van der Waals surface area contributed by atoms with Gasteiger partial charge in [0.05, 0.1) is 35.6 Å². The summed E-state index contributed by atoms with van der Waals surface area (Å²) in [6.07, 6.45) is 7.41. The summed E-state index contributed by atoms with van der Waals surface area (Å²) in [5.74, 6) is -0.116. The molecule has 0 fully saturated rings. The number of carbonyl (C=O) groups is 1. The molecule has 0 radical (unpaired) electrons. The van der Waals surface area contributed by atoms with Crippen molar-refractivity contribution in [3.63, 3.8) is 0 Å². The van der Waals surface area contributed by atoms with Crippen molar-refractivity contribution >= 4 is 16.8 Å². The number of benzene rings is 1. The van der Waals surface area contributed by atoms with E-state index in [-0.39, 0.29) is 17.4 Å². The summed E-state index contributed by atoms with van der Waals surface area (Å²) in [4.78, 5) is 18.3. The molecule has 0 aliphatic rings. The molecule has 0 bridgehead atoms. The van der Waals surface area contributed by atoms with E-state index in [0.29, 0.717) is 12.1 Å². The summed E-state index contributed by atoms with van der Waals surface area (Å²) in [7, 11) is 0. The third-order valence-electron chi connectivity index (χ3n) is 5.49. The van der Waals surface area contributed by atoms with Crippen molar-refractivity contribution in [2.45, 2.75) is 46.8 Å². The molecule has 3 aromatic heterocycles. The van der Waals surface area contributed by atoms with E-state index in [4.69, 9.17) is 4.98 Å². The standard InChI is InChI=1S/C24H28N6O/c1-5-29-15-17(14-26-29)21-13-19(18-9-6-7-10-20(18)27-21)23(31)28-22(24(2,3)4)16-30-12-8-11-25-30/h6-15,22H,5,16H2,1-4H3,(H,28,31)/t22-/m1/s1. The van der Waals surface area contributed by atoms with E-state index in [1.807, 2.05) is 65.1 Å². The van der Waals surface area contributed by atoms with Crippen LogP contribution >= 0.6 is 0 Å². The molecule has 0 spiro atoms. The van der Waals surface area contributed by atoms with E-state index < -0.39 is 0 Å². The van der Waals surface area contributed by atoms with Gasteiger partial charge in [-0.3, -0.25) is 14.2 Å². The maximum Gasteiger partial charge on any atom is 0.252 e. The lowest BCUT2D eigenvalue weighted by molar-refractivity contribution is 0.0892. The maximum atomic E-state index is 13.5. The average Bonchev–Trinajstić information content (AvgIpc) is 3.43. The zero-order chi connectivity index (χ0) is 22.0. The Labute approximate surface area is 182 Å². The SMILES string of the molecule is CCn1cc(-c2cc(C(=O)N[C@H](Cn3cccn3)C(C)(C)C)c3ccccc3n2)cn1. The van der Waals surface area contributed by atoms with Crippen LogP contribution in [0, 0.1) is 5.41 Å². The van der Waals surface area contributed by atoms with Gasteiger partial charge < -0.3 is 5.32 Å². The van der Waals surface area contributed by atoms with Crippen LogP contribution in [0.25, 0.3) is 22.2 Å². The Bertz CT molecular complexity index is 1190. The minimum Gasteiger partial charge on any atom is -0.347 e. The molecule has 160 valence electrons. The predicted octanol–water partition coefficient (Wildman–Crippen LogP) is 4.16. The van der Waals surface area contributed by atoms with Crippen molar-refractivity contribution in [2.24, 2.45) is 5.41 Å². The van der Waals surface area contributed by atoms with Crippen molar-refractivity contribution in [1.82, 2.24) is 29.9 Å². The number of hydrogen-bond donors (Lipinski definition) is 1. The maximum absolute atomic E-state index is 13.5. The van der Waals surface area contributed by atoms with Crippen molar-refractivity contribution in [3.8, 4) is 11.3 Å². The highest BCUT2D eigenvalue weighted by Crippen LogP contribution is 2.26. The monoisotopic (exact) mass is 416 g/mol. The van der Waals surface area contributed by atoms with Crippen LogP contribution < -0.4 is 5.32 Å². The van der Waals surface area contributed by atoms with Gasteiger partial charge in [-0.25, -0.2) is 4.98 Å². The second kappa shape index (κ2) is 8.34. The molecule has 0 unspecified atom stereocenters. The largest absolute Gasteiger partial charge is 0.347 e. The van der Waals surface area contributed by atoms with Gasteiger partial charge in [-0.2, -0.15) is 10.2 Å². The summed E-state index contributed by atoms with van der Waals surface area (Å²) >= 11 is 0. The molecular weight excluding hydrogens is 388 g/mol. The number of aromatic nitrogens is 5. The lowest BCUT2D eigenvalue weighted by Gasteiger charge is -2.31. The minimum atomic E-state index is -0.143. The van der Waals surface area contributed by atoms with Crippen LogP contribution in [0.15, 0.2) is 61.2 Å². The number of nitrogens with one attached hydrogen (secondary N) is 1. The summed E-state index contributed by atoms with van der Waals surface area (Å²) < 4.78 is 3.71. The van der Waals surface area contributed by atoms with E-state index in [2.05, 4.69) is 36.3 Å². The number of nitrogens with zero attached hydrogens (tertiary/aromatic N) is 5. The van der Waals surface area contributed by atoms with Crippen molar-refractivity contribution < 1.29 is 4.79 Å². The van der Waals surface area contributed by atoms with Crippen LogP contribution in [0.2, 0.25) is 0 Å². The van der Waals surface area contributed by atoms with Gasteiger partial charge in [0.25, 0.3) is 5.91 Å². The third kappa shape index (κ3) is 4.50. The van der Waals surface area contributed by atoms with Gasteiger partial charge in [0, 0.05) is 36.1 Å². The summed E-state index contributed by atoms with van der Waals surface area (Å²) in [6.45, 7) is 9.78. The second-order valence-electron chi connectivity index (χ2n) is 8.78. The van der Waals surface area contributed by atoms with Gasteiger partial charge in [0.1, 0.15) is 0 Å². The van der Waals surface area contributed by atoms with E-state index >= 15 is 0 Å². The van der Waals surface area contributed by atoms with Gasteiger partial charge in [-0.05, 0) is 30.5 Å². The molecule has 0 saturated carbocycles. The van der Waals surface area contributed by atoms with Crippen LogP contribution in [-0.4, -0.2) is 36.5 Å². The van der Waals surface area contributed by atoms with Crippen LogP contribution in [0.1, 0.15) is 38.1 Å². The normalized spacial score (nSPS) is 12.8. The Hall–Kier alpha value is -3.48. The van der Waals surface area contributed by atoms with Gasteiger partial charge in [-0.15, -0.1) is 0 Å². The molecule has 4 aromatic rings. The molecule has 1 N–H and O–H groups in total. The van der Waals surface area contributed by atoms with Gasteiger partial charge >= 0.3 is 0 Å². The molecule has 31 heavy (non-hydrogen) atoms. The molecule has 7 nitrogen and oxygen atoms in total. The topological polar surface area (TPSA) is 77.6 Å². The Morgan fingerprint density at radius 2 is 1.94 bits per heavy atom. The van der Waals surface area contributed by atoms with E-state index in [1.54, 1.807) is 12.4 Å². The highest BCUT2D eigenvalue weighted by Gasteiger charge is 2.28. The van der Waals surface area contributed by atoms with E-state index in [0.717, 1.165) is 28.7 Å². The zero-order valence-electron chi connectivity index (χ0n) is 18.4. The molecule has 0 aliphatic carbocycles. The van der Waals surface area contributed by atoms with Crippen LogP contribution in [0.5, 0.6) is 0 Å². The first-order valence-electron chi connectivity index (χ1n) is 10.6. The van der Waals surface area contributed by atoms with E-state index in [1.165, 1.54) is 0 Å². The number of aryl methyl sites for hydroxylation is 1. The Morgan fingerprint density at radius 1 is 1.13 bits per heavy atom. The summed E-state index contributed by atoms with van der Waals surface area (Å²) in [5, 5.41) is 12.7. The van der Waals surface area contributed by atoms with Crippen molar-refractivity contribution in [2.75, 3.05) is 0 Å². The highest BCUT2D eigenvalue weighted by atomic mass is 16.1. The molecule has 3 heterocycles. The lowest BCUT2D eigenvalue weighted by atomic mass is 9.86. The highest BCUT2D eigenvalue weighted by molar-refractivity contribution is 6.07. The molecule has 0 aliphatic heterocycles. The van der Waals surface area contributed by atoms with Crippen LogP contribution in [0.4, 0.5) is 0 Å². The third-order valence-corrected chi connectivity index (χ3v) is 5.49. The molecule has 7 heteroatoms. The quantitative estimate of drug-likeness (QED) is 0.512. The van der Waals surface area contributed by atoms with Gasteiger partial charge in [0.2, 0.25) is 0 Å². The summed E-state index contributed by atoms with van der Waals surface area (Å²) in [6, 6.07) is 11.4. The van der Waals surface area contributed by atoms with Crippen molar-refractivity contribution in [3.05, 3.63) is 66.7 Å². The molecule has 1 amide bonds. The number of para-hydroxylation sites is 1. The number of hydrogen-bond acceptors (Lipinski definition) is 4. The number of fused-ring (bicyclic) bond motifs is 1. The summed E-state index contributed by atoms with van der Waals surface area (Å²) in [5.41, 5.74) is 2.89. The Balaban J connectivity index is 1.72. The number of carbonyl (C=O) groups excluding carboxylic acids is 1. The number of pyridine rings is 1. The molecular formula is C24H28N6O. The van der Waals surface area contributed by atoms with Crippen LogP contribution in [0.3, 0.4) is 0 Å². The lowest BCUT2D eigenvalue weighted by Crippen LogP contribution is -2.46. The molecule has 1 atom stereocenters.